The topological polar surface area (TPSA) is 72.6 Å². The quantitative estimate of drug-likeness (QED) is 0.678. The average Bonchev–Trinajstić information content (AvgIpc) is 2.43. The van der Waals surface area contributed by atoms with E-state index in [1.54, 1.807) is 20.1 Å². The smallest absolute Gasteiger partial charge is 0.243 e. The summed E-state index contributed by atoms with van der Waals surface area (Å²) in [5.41, 5.74) is 7.73. The standard InChI is InChI=1S/C14H19ClN2O3S/c1-10-7-12(15)13(16)8-14(10)21(18,19)17-5-3-11(4-6-17)9-20-2/h3,7-8H,4-6,9,16H2,1-2H3. The number of hydrogen-bond acceptors (Lipinski definition) is 4. The molecule has 0 bridgehead atoms. The van der Waals surface area contributed by atoms with Crippen LogP contribution in [0, 0.1) is 6.92 Å². The van der Waals surface area contributed by atoms with Crippen molar-refractivity contribution < 1.29 is 13.2 Å². The Hall–Kier alpha value is -1.08. The minimum absolute atomic E-state index is 0.216. The van der Waals surface area contributed by atoms with Gasteiger partial charge < -0.3 is 10.5 Å². The molecular weight excluding hydrogens is 312 g/mol. The number of hydrogen-bond donors (Lipinski definition) is 1. The van der Waals surface area contributed by atoms with Gasteiger partial charge in [0.05, 0.1) is 22.2 Å². The molecule has 0 aromatic heterocycles. The van der Waals surface area contributed by atoms with Gasteiger partial charge in [-0.1, -0.05) is 17.7 Å². The molecule has 0 atom stereocenters. The van der Waals surface area contributed by atoms with Gasteiger partial charge in [-0.25, -0.2) is 8.42 Å². The van der Waals surface area contributed by atoms with E-state index in [9.17, 15) is 8.42 Å². The van der Waals surface area contributed by atoms with Crippen molar-refractivity contribution in [2.75, 3.05) is 32.5 Å². The normalized spacial score (nSPS) is 16.8. The molecule has 2 rings (SSSR count). The molecule has 1 aromatic rings. The summed E-state index contributed by atoms with van der Waals surface area (Å²) in [7, 11) is -1.93. The molecule has 0 amide bonds. The summed E-state index contributed by atoms with van der Waals surface area (Å²) in [6, 6.07) is 3.02. The van der Waals surface area contributed by atoms with Crippen LogP contribution in [0.2, 0.25) is 5.02 Å². The highest BCUT2D eigenvalue weighted by atomic mass is 35.5. The van der Waals surface area contributed by atoms with Crippen LogP contribution >= 0.6 is 11.6 Å². The van der Waals surface area contributed by atoms with Crippen LogP contribution in [-0.4, -0.2) is 39.5 Å². The third-order valence-corrected chi connectivity index (χ3v) is 5.84. The SMILES string of the molecule is COCC1=CCN(S(=O)(=O)c2cc(N)c(Cl)cc2C)CC1. The largest absolute Gasteiger partial charge is 0.397 e. The maximum absolute atomic E-state index is 12.7. The van der Waals surface area contributed by atoms with Gasteiger partial charge >= 0.3 is 0 Å². The molecule has 1 aromatic carbocycles. The molecule has 0 radical (unpaired) electrons. The van der Waals surface area contributed by atoms with Gasteiger partial charge in [0.25, 0.3) is 0 Å². The number of rotatable bonds is 4. The molecular formula is C14H19ClN2O3S. The summed E-state index contributed by atoms with van der Waals surface area (Å²) >= 11 is 5.92. The number of ether oxygens (including phenoxy) is 1. The van der Waals surface area contributed by atoms with E-state index in [0.29, 0.717) is 36.7 Å². The summed E-state index contributed by atoms with van der Waals surface area (Å²) < 4.78 is 31.9. The van der Waals surface area contributed by atoms with Gasteiger partial charge in [-0.2, -0.15) is 4.31 Å². The van der Waals surface area contributed by atoms with E-state index in [0.717, 1.165) is 5.57 Å². The summed E-state index contributed by atoms with van der Waals surface area (Å²) in [6.07, 6.45) is 2.58. The summed E-state index contributed by atoms with van der Waals surface area (Å²) in [5.74, 6) is 0. The number of sulfonamides is 1. The van der Waals surface area contributed by atoms with Gasteiger partial charge in [-0.05, 0) is 36.6 Å². The van der Waals surface area contributed by atoms with Crippen LogP contribution in [0.1, 0.15) is 12.0 Å². The second kappa shape index (κ2) is 6.36. The zero-order valence-electron chi connectivity index (χ0n) is 12.1. The fraction of sp³-hybridized carbons (Fsp3) is 0.429. The third kappa shape index (κ3) is 3.40. The number of halogens is 1. The molecule has 5 nitrogen and oxygen atoms in total. The summed E-state index contributed by atoms with van der Waals surface area (Å²) in [6.45, 7) is 3.05. The molecule has 0 aliphatic carbocycles. The Morgan fingerprint density at radius 2 is 2.14 bits per heavy atom. The lowest BCUT2D eigenvalue weighted by Crippen LogP contribution is -2.35. The van der Waals surface area contributed by atoms with Crippen LogP contribution < -0.4 is 5.73 Å². The lowest BCUT2D eigenvalue weighted by atomic mass is 10.1. The van der Waals surface area contributed by atoms with E-state index in [2.05, 4.69) is 0 Å². The number of anilines is 1. The molecule has 0 saturated heterocycles. The lowest BCUT2D eigenvalue weighted by Gasteiger charge is -2.26. The van der Waals surface area contributed by atoms with E-state index in [1.165, 1.54) is 10.4 Å². The Labute approximate surface area is 130 Å². The fourth-order valence-electron chi connectivity index (χ4n) is 2.31. The van der Waals surface area contributed by atoms with Gasteiger partial charge in [0.1, 0.15) is 0 Å². The van der Waals surface area contributed by atoms with Crippen molar-refractivity contribution in [2.24, 2.45) is 0 Å². The molecule has 1 aliphatic rings. The first-order chi connectivity index (χ1) is 9.86. The molecule has 2 N–H and O–H groups in total. The zero-order chi connectivity index (χ0) is 15.6. The predicted octanol–water partition coefficient (Wildman–Crippen LogP) is 2.20. The number of methoxy groups -OCH3 is 1. The number of benzene rings is 1. The van der Waals surface area contributed by atoms with E-state index in [1.807, 2.05) is 6.08 Å². The highest BCUT2D eigenvalue weighted by Gasteiger charge is 2.28. The van der Waals surface area contributed by atoms with E-state index in [4.69, 9.17) is 22.1 Å². The molecule has 1 aliphatic heterocycles. The summed E-state index contributed by atoms with van der Waals surface area (Å²) in [5, 5.41) is 0.368. The summed E-state index contributed by atoms with van der Waals surface area (Å²) in [4.78, 5) is 0.216. The molecule has 0 unspecified atom stereocenters. The Kier molecular flexibility index (Phi) is 4.93. The minimum atomic E-state index is -3.56. The first-order valence-electron chi connectivity index (χ1n) is 6.59. The molecule has 21 heavy (non-hydrogen) atoms. The number of nitrogen functional groups attached to an aromatic ring is 1. The van der Waals surface area contributed by atoms with Crippen LogP contribution in [0.25, 0.3) is 0 Å². The Bertz CT molecular complexity index is 671. The molecule has 0 fully saturated rings. The van der Waals surface area contributed by atoms with Crippen LogP contribution in [-0.2, 0) is 14.8 Å². The second-order valence-corrected chi connectivity index (χ2v) is 7.36. The van der Waals surface area contributed by atoms with Gasteiger partial charge in [-0.15, -0.1) is 0 Å². The van der Waals surface area contributed by atoms with Gasteiger partial charge in [0, 0.05) is 20.2 Å². The minimum Gasteiger partial charge on any atom is -0.397 e. The first kappa shape index (κ1) is 16.3. The number of aryl methyl sites for hydroxylation is 1. The zero-order valence-corrected chi connectivity index (χ0v) is 13.7. The predicted molar refractivity (Wildman–Crippen MR) is 83.9 cm³/mol. The molecule has 7 heteroatoms. The molecule has 116 valence electrons. The van der Waals surface area contributed by atoms with Crippen LogP contribution in [0.5, 0.6) is 0 Å². The Morgan fingerprint density at radius 1 is 1.43 bits per heavy atom. The first-order valence-corrected chi connectivity index (χ1v) is 8.40. The molecule has 0 saturated carbocycles. The Balaban J connectivity index is 2.30. The van der Waals surface area contributed by atoms with Crippen LogP contribution in [0.3, 0.4) is 0 Å². The number of nitrogens with zero attached hydrogens (tertiary/aromatic N) is 1. The third-order valence-electron chi connectivity index (χ3n) is 3.51. The van der Waals surface area contributed by atoms with Crippen molar-refractivity contribution in [3.05, 3.63) is 34.4 Å². The average molecular weight is 331 g/mol. The maximum Gasteiger partial charge on any atom is 0.243 e. The monoisotopic (exact) mass is 330 g/mol. The maximum atomic E-state index is 12.7. The van der Waals surface area contributed by atoms with Crippen molar-refractivity contribution in [2.45, 2.75) is 18.2 Å². The fourth-order valence-corrected chi connectivity index (χ4v) is 4.15. The van der Waals surface area contributed by atoms with Crippen LogP contribution in [0.15, 0.2) is 28.7 Å². The second-order valence-electron chi connectivity index (χ2n) is 5.05. The lowest BCUT2D eigenvalue weighted by molar-refractivity contribution is 0.219. The van der Waals surface area contributed by atoms with E-state index >= 15 is 0 Å². The highest BCUT2D eigenvalue weighted by molar-refractivity contribution is 7.89. The molecule has 0 spiro atoms. The van der Waals surface area contributed by atoms with Gasteiger partial charge in [0.15, 0.2) is 0 Å². The van der Waals surface area contributed by atoms with Crippen molar-refractivity contribution in [3.8, 4) is 0 Å². The highest BCUT2D eigenvalue weighted by Crippen LogP contribution is 2.29. The van der Waals surface area contributed by atoms with Crippen molar-refractivity contribution in [1.82, 2.24) is 4.31 Å². The molecule has 1 heterocycles. The van der Waals surface area contributed by atoms with Crippen molar-refractivity contribution in [1.29, 1.82) is 0 Å². The van der Waals surface area contributed by atoms with E-state index in [-0.39, 0.29) is 10.6 Å². The number of nitrogens with two attached hydrogens (primary N) is 1. The van der Waals surface area contributed by atoms with Crippen molar-refractivity contribution in [3.63, 3.8) is 0 Å². The van der Waals surface area contributed by atoms with Gasteiger partial charge in [-0.3, -0.25) is 0 Å². The van der Waals surface area contributed by atoms with Crippen LogP contribution in [0.4, 0.5) is 5.69 Å². The van der Waals surface area contributed by atoms with E-state index < -0.39 is 10.0 Å². The van der Waals surface area contributed by atoms with Gasteiger partial charge in [0.2, 0.25) is 10.0 Å². The van der Waals surface area contributed by atoms with Crippen molar-refractivity contribution >= 4 is 27.3 Å². The Morgan fingerprint density at radius 3 is 2.71 bits per heavy atom.